The van der Waals surface area contributed by atoms with Crippen molar-refractivity contribution in [1.82, 2.24) is 4.90 Å². The molecule has 1 aromatic rings. The van der Waals surface area contributed by atoms with Crippen LogP contribution < -0.4 is 0 Å². The van der Waals surface area contributed by atoms with Crippen LogP contribution in [-0.4, -0.2) is 25.0 Å². The van der Waals surface area contributed by atoms with Gasteiger partial charge in [0.1, 0.15) is 0 Å². The van der Waals surface area contributed by atoms with Gasteiger partial charge in [-0.25, -0.2) is 4.90 Å². The van der Waals surface area contributed by atoms with E-state index in [1.807, 2.05) is 0 Å². The second kappa shape index (κ2) is 5.15. The van der Waals surface area contributed by atoms with Gasteiger partial charge in [0.15, 0.2) is 0 Å². The fourth-order valence-electron chi connectivity index (χ4n) is 1.78. The van der Waals surface area contributed by atoms with Crippen LogP contribution in [0.5, 0.6) is 0 Å². The minimum absolute atomic E-state index is 0.0688. The van der Waals surface area contributed by atoms with E-state index in [1.54, 1.807) is 24.3 Å². The van der Waals surface area contributed by atoms with Crippen LogP contribution in [0.1, 0.15) is 41.5 Å². The number of rotatable bonds is 3. The number of nitrogens with zero attached hydrogens (tertiary/aromatic N) is 1. The molecule has 0 saturated carbocycles. The predicted molar refractivity (Wildman–Crippen MR) is 84.4 cm³/mol. The molecule has 2 amide bonds. The fraction of sp³-hybridized carbons (Fsp3) is 0.375. The molecule has 0 saturated heterocycles. The Labute approximate surface area is 126 Å². The Bertz CT molecular complexity index is 579. The molecule has 21 heavy (non-hydrogen) atoms. The molecule has 0 aliphatic carbocycles. The lowest BCUT2D eigenvalue weighted by Crippen LogP contribution is -2.39. The molecule has 5 heteroatoms. The van der Waals surface area contributed by atoms with Crippen molar-refractivity contribution in [2.24, 2.45) is 0 Å². The van der Waals surface area contributed by atoms with Gasteiger partial charge in [-0.3, -0.25) is 9.59 Å². The van der Waals surface area contributed by atoms with Gasteiger partial charge in [0, 0.05) is 6.20 Å². The third kappa shape index (κ3) is 2.78. The lowest BCUT2D eigenvalue weighted by atomic mass is 10.1. The molecular formula is C16H21NO3Si. The zero-order chi connectivity index (χ0) is 15.8. The maximum atomic E-state index is 12.2. The van der Waals surface area contributed by atoms with E-state index in [9.17, 15) is 9.59 Å². The first-order chi connectivity index (χ1) is 9.65. The highest BCUT2D eigenvalue weighted by Gasteiger charge is 2.38. The molecule has 1 heterocycles. The van der Waals surface area contributed by atoms with Gasteiger partial charge in [-0.2, -0.15) is 0 Å². The predicted octanol–water partition coefficient (Wildman–Crippen LogP) is 3.78. The largest absolute Gasteiger partial charge is 0.548 e. The Morgan fingerprint density at radius 3 is 1.95 bits per heavy atom. The van der Waals surface area contributed by atoms with Crippen LogP contribution in [-0.2, 0) is 4.43 Å². The first kappa shape index (κ1) is 15.5. The fourth-order valence-corrected chi connectivity index (χ4v) is 2.54. The summed E-state index contributed by atoms with van der Waals surface area (Å²) in [6, 6.07) is 6.84. The summed E-state index contributed by atoms with van der Waals surface area (Å²) in [4.78, 5) is 25.4. The van der Waals surface area contributed by atoms with Gasteiger partial charge < -0.3 is 4.43 Å². The van der Waals surface area contributed by atoms with Crippen molar-refractivity contribution in [3.8, 4) is 0 Å². The van der Waals surface area contributed by atoms with Crippen molar-refractivity contribution >= 4 is 20.1 Å². The van der Waals surface area contributed by atoms with Crippen LogP contribution in [0.4, 0.5) is 0 Å². The molecule has 4 nitrogen and oxygen atoms in total. The molecule has 0 N–H and O–H groups in total. The molecule has 0 unspecified atom stereocenters. The molecule has 1 aromatic carbocycles. The number of imide groups is 1. The third-order valence-electron chi connectivity index (χ3n) is 4.20. The van der Waals surface area contributed by atoms with Crippen molar-refractivity contribution in [2.45, 2.75) is 38.9 Å². The minimum Gasteiger partial charge on any atom is -0.548 e. The van der Waals surface area contributed by atoms with E-state index in [4.69, 9.17) is 4.43 Å². The molecule has 1 aliphatic heterocycles. The minimum atomic E-state index is -1.94. The third-order valence-corrected chi connectivity index (χ3v) is 8.54. The number of benzene rings is 1. The van der Waals surface area contributed by atoms with Gasteiger partial charge in [-0.15, -0.1) is 0 Å². The van der Waals surface area contributed by atoms with Gasteiger partial charge in [-0.1, -0.05) is 32.9 Å². The highest BCUT2D eigenvalue weighted by atomic mass is 28.4. The van der Waals surface area contributed by atoms with Gasteiger partial charge in [0.2, 0.25) is 8.32 Å². The van der Waals surface area contributed by atoms with Crippen LogP contribution in [0.3, 0.4) is 0 Å². The normalized spacial score (nSPS) is 15.8. The molecule has 1 aliphatic rings. The van der Waals surface area contributed by atoms with E-state index in [0.29, 0.717) is 11.1 Å². The van der Waals surface area contributed by atoms with Crippen LogP contribution >= 0.6 is 0 Å². The zero-order valence-corrected chi connectivity index (χ0v) is 14.1. The quantitative estimate of drug-likeness (QED) is 0.485. The number of hydrogen-bond acceptors (Lipinski definition) is 3. The summed E-state index contributed by atoms with van der Waals surface area (Å²) in [6.07, 6.45) is 2.92. The molecule has 0 spiro atoms. The number of hydrogen-bond donors (Lipinski definition) is 0. The van der Waals surface area contributed by atoms with Crippen LogP contribution in [0.25, 0.3) is 0 Å². The van der Waals surface area contributed by atoms with Gasteiger partial charge >= 0.3 is 0 Å². The van der Waals surface area contributed by atoms with Crippen molar-refractivity contribution in [2.75, 3.05) is 0 Å². The molecule has 2 rings (SSSR count). The Morgan fingerprint density at radius 2 is 1.52 bits per heavy atom. The average Bonchev–Trinajstić information content (AvgIpc) is 2.63. The summed E-state index contributed by atoms with van der Waals surface area (Å²) in [6.45, 7) is 10.6. The van der Waals surface area contributed by atoms with E-state index >= 15 is 0 Å². The second-order valence-electron chi connectivity index (χ2n) is 6.69. The summed E-state index contributed by atoms with van der Waals surface area (Å²) in [5.41, 5.74) is 0.888. The Balaban J connectivity index is 2.14. The lowest BCUT2D eigenvalue weighted by Gasteiger charge is -2.35. The lowest BCUT2D eigenvalue weighted by molar-refractivity contribution is 0.0718. The Kier molecular flexibility index (Phi) is 3.80. The average molecular weight is 303 g/mol. The van der Waals surface area contributed by atoms with Crippen LogP contribution in [0.2, 0.25) is 18.1 Å². The van der Waals surface area contributed by atoms with E-state index < -0.39 is 8.32 Å². The molecule has 0 fully saturated rings. The van der Waals surface area contributed by atoms with Gasteiger partial charge in [-0.05, 0) is 30.3 Å². The van der Waals surface area contributed by atoms with Crippen LogP contribution in [0.15, 0.2) is 36.7 Å². The summed E-state index contributed by atoms with van der Waals surface area (Å²) in [7, 11) is -1.94. The maximum Gasteiger partial charge on any atom is 0.265 e. The van der Waals surface area contributed by atoms with Crippen LogP contribution in [0, 0.1) is 0 Å². The highest BCUT2D eigenvalue weighted by Crippen LogP contribution is 2.36. The number of carbonyl (C=O) groups is 2. The summed E-state index contributed by atoms with van der Waals surface area (Å²) in [5.74, 6) is -0.601. The molecule has 0 atom stereocenters. The molecular weight excluding hydrogens is 282 g/mol. The first-order valence-corrected chi connectivity index (χ1v) is 9.87. The Hall–Kier alpha value is -1.88. The number of amides is 2. The van der Waals surface area contributed by atoms with E-state index in [-0.39, 0.29) is 16.9 Å². The van der Waals surface area contributed by atoms with Crippen molar-refractivity contribution in [3.63, 3.8) is 0 Å². The molecule has 0 aromatic heterocycles. The van der Waals surface area contributed by atoms with Crippen molar-refractivity contribution in [1.29, 1.82) is 0 Å². The molecule has 0 bridgehead atoms. The SMILES string of the molecule is CC(C)(C)[Si](C)(C)O/C=C\N1C(=O)c2ccccc2C1=O. The summed E-state index contributed by atoms with van der Waals surface area (Å²) >= 11 is 0. The summed E-state index contributed by atoms with van der Waals surface area (Å²) < 4.78 is 5.86. The molecule has 112 valence electrons. The van der Waals surface area contributed by atoms with E-state index in [1.165, 1.54) is 12.5 Å². The number of carbonyl (C=O) groups excluding carboxylic acids is 2. The summed E-state index contributed by atoms with van der Waals surface area (Å²) in [5, 5.41) is 0.0688. The smallest absolute Gasteiger partial charge is 0.265 e. The zero-order valence-electron chi connectivity index (χ0n) is 13.1. The maximum absolute atomic E-state index is 12.2. The topological polar surface area (TPSA) is 46.6 Å². The first-order valence-electron chi connectivity index (χ1n) is 6.96. The van der Waals surface area contributed by atoms with Crippen molar-refractivity contribution in [3.05, 3.63) is 47.9 Å². The monoisotopic (exact) mass is 303 g/mol. The van der Waals surface area contributed by atoms with Gasteiger partial charge in [0.25, 0.3) is 11.8 Å². The van der Waals surface area contributed by atoms with E-state index in [0.717, 1.165) is 4.90 Å². The second-order valence-corrected chi connectivity index (χ2v) is 11.4. The van der Waals surface area contributed by atoms with E-state index in [2.05, 4.69) is 33.9 Å². The highest BCUT2D eigenvalue weighted by molar-refractivity contribution is 6.74. The molecule has 0 radical (unpaired) electrons. The number of fused-ring (bicyclic) bond motifs is 1. The Morgan fingerprint density at radius 1 is 1.05 bits per heavy atom. The van der Waals surface area contributed by atoms with Gasteiger partial charge in [0.05, 0.1) is 17.4 Å². The standard InChI is InChI=1S/C16H21NO3Si/c1-16(2,3)21(4,5)20-11-10-17-14(18)12-8-6-7-9-13(12)15(17)19/h6-11H,1-5H3/b11-10-. The van der Waals surface area contributed by atoms with Crippen molar-refractivity contribution < 1.29 is 14.0 Å².